The van der Waals surface area contributed by atoms with Crippen LogP contribution in [0.25, 0.3) is 11.1 Å². The molecule has 0 aliphatic rings. The quantitative estimate of drug-likeness (QED) is 0.733. The number of aromatic nitrogens is 1. The second-order valence-electron chi connectivity index (χ2n) is 5.07. The maximum Gasteiger partial charge on any atom is 0.123 e. The minimum Gasteiger partial charge on any atom is -0.468 e. The molecule has 2 heterocycles. The molecule has 0 aliphatic heterocycles. The van der Waals surface area contributed by atoms with Crippen molar-refractivity contribution in [3.8, 4) is 11.1 Å². The van der Waals surface area contributed by atoms with E-state index in [0.717, 1.165) is 22.5 Å². The molecule has 112 valence electrons. The zero-order valence-electron chi connectivity index (χ0n) is 12.1. The molecule has 0 amide bonds. The van der Waals surface area contributed by atoms with Crippen LogP contribution >= 0.6 is 0 Å². The topological polar surface area (TPSA) is 58.3 Å². The van der Waals surface area contributed by atoms with Gasteiger partial charge in [0.2, 0.25) is 0 Å². The first-order valence-corrected chi connectivity index (χ1v) is 7.24. The summed E-state index contributed by atoms with van der Waals surface area (Å²) in [5.74, 6) is 0.743. The normalized spacial score (nSPS) is 12.2. The number of hydrogen-bond donors (Lipinski definition) is 2. The Labute approximate surface area is 129 Å². The molecule has 4 heteroatoms. The molecule has 1 unspecified atom stereocenters. The van der Waals surface area contributed by atoms with Gasteiger partial charge in [-0.25, -0.2) is 0 Å². The van der Waals surface area contributed by atoms with Crippen molar-refractivity contribution in [3.05, 3.63) is 78.5 Å². The highest BCUT2D eigenvalue weighted by atomic mass is 16.3. The van der Waals surface area contributed by atoms with Gasteiger partial charge in [-0.2, -0.15) is 0 Å². The Morgan fingerprint density at radius 3 is 2.64 bits per heavy atom. The fraction of sp³-hybridized carbons (Fsp3) is 0.167. The standard InChI is InChI=1S/C18H18N2O2/c21-13-17(18-5-2-10-22-18)20-12-14-3-1-4-16(11-14)15-6-8-19-9-7-15/h1-11,17,20-21H,12-13H2. The minimum atomic E-state index is -0.195. The molecule has 2 aromatic heterocycles. The van der Waals surface area contributed by atoms with Gasteiger partial charge in [0.1, 0.15) is 5.76 Å². The van der Waals surface area contributed by atoms with Crippen LogP contribution in [-0.2, 0) is 6.54 Å². The van der Waals surface area contributed by atoms with Crippen LogP contribution in [0.15, 0.2) is 71.6 Å². The summed E-state index contributed by atoms with van der Waals surface area (Å²) in [6.07, 6.45) is 5.20. The Kier molecular flexibility index (Phi) is 4.63. The fourth-order valence-corrected chi connectivity index (χ4v) is 2.39. The van der Waals surface area contributed by atoms with Crippen molar-refractivity contribution in [2.75, 3.05) is 6.61 Å². The van der Waals surface area contributed by atoms with Gasteiger partial charge in [-0.1, -0.05) is 18.2 Å². The first-order chi connectivity index (χ1) is 10.9. The molecule has 0 spiro atoms. The Balaban J connectivity index is 1.71. The van der Waals surface area contributed by atoms with E-state index in [9.17, 15) is 5.11 Å². The molecule has 3 aromatic rings. The van der Waals surface area contributed by atoms with Gasteiger partial charge in [0, 0.05) is 18.9 Å². The van der Waals surface area contributed by atoms with Crippen LogP contribution in [0.3, 0.4) is 0 Å². The highest BCUT2D eigenvalue weighted by Crippen LogP contribution is 2.20. The monoisotopic (exact) mass is 294 g/mol. The number of nitrogens with one attached hydrogen (secondary N) is 1. The van der Waals surface area contributed by atoms with Gasteiger partial charge in [-0.3, -0.25) is 4.98 Å². The molecule has 0 saturated heterocycles. The van der Waals surface area contributed by atoms with Crippen LogP contribution < -0.4 is 5.32 Å². The van der Waals surface area contributed by atoms with E-state index in [0.29, 0.717) is 6.54 Å². The van der Waals surface area contributed by atoms with Crippen LogP contribution in [0.4, 0.5) is 0 Å². The van der Waals surface area contributed by atoms with Gasteiger partial charge in [0.25, 0.3) is 0 Å². The maximum atomic E-state index is 9.48. The van der Waals surface area contributed by atoms with Crippen molar-refractivity contribution in [3.63, 3.8) is 0 Å². The molecule has 1 atom stereocenters. The van der Waals surface area contributed by atoms with Crippen LogP contribution in [0.1, 0.15) is 17.4 Å². The largest absolute Gasteiger partial charge is 0.468 e. The Morgan fingerprint density at radius 2 is 1.91 bits per heavy atom. The summed E-state index contributed by atoms with van der Waals surface area (Å²) in [4.78, 5) is 4.04. The molecule has 3 rings (SSSR count). The number of furan rings is 1. The lowest BCUT2D eigenvalue weighted by Gasteiger charge is -2.14. The smallest absolute Gasteiger partial charge is 0.123 e. The molecule has 2 N–H and O–H groups in total. The first kappa shape index (κ1) is 14.5. The fourth-order valence-electron chi connectivity index (χ4n) is 2.39. The molecule has 22 heavy (non-hydrogen) atoms. The highest BCUT2D eigenvalue weighted by molar-refractivity contribution is 5.63. The van der Waals surface area contributed by atoms with E-state index >= 15 is 0 Å². The lowest BCUT2D eigenvalue weighted by molar-refractivity contribution is 0.225. The molecule has 0 bridgehead atoms. The molecule has 4 nitrogen and oxygen atoms in total. The third-order valence-corrected chi connectivity index (χ3v) is 3.56. The summed E-state index contributed by atoms with van der Waals surface area (Å²) in [6.45, 7) is 0.655. The summed E-state index contributed by atoms with van der Waals surface area (Å²) < 4.78 is 5.34. The number of hydrogen-bond acceptors (Lipinski definition) is 4. The van der Waals surface area contributed by atoms with Crippen LogP contribution in [0, 0.1) is 0 Å². The molecule has 0 aliphatic carbocycles. The SMILES string of the molecule is OCC(NCc1cccc(-c2ccncc2)c1)c1ccco1. The molecular formula is C18H18N2O2. The average Bonchev–Trinajstić information content (AvgIpc) is 3.11. The van der Waals surface area contributed by atoms with E-state index < -0.39 is 0 Å². The predicted octanol–water partition coefficient (Wildman–Crippen LogP) is 3.16. The third kappa shape index (κ3) is 3.42. The second-order valence-corrected chi connectivity index (χ2v) is 5.07. The van der Waals surface area contributed by atoms with Gasteiger partial charge in [0.15, 0.2) is 0 Å². The van der Waals surface area contributed by atoms with Gasteiger partial charge in [0.05, 0.1) is 18.9 Å². The van der Waals surface area contributed by atoms with Crippen molar-refractivity contribution in [1.82, 2.24) is 10.3 Å². The van der Waals surface area contributed by atoms with E-state index in [1.54, 1.807) is 18.7 Å². The van der Waals surface area contributed by atoms with Crippen molar-refractivity contribution >= 4 is 0 Å². The van der Waals surface area contributed by atoms with E-state index in [4.69, 9.17) is 4.42 Å². The van der Waals surface area contributed by atoms with Crippen molar-refractivity contribution in [2.24, 2.45) is 0 Å². The lowest BCUT2D eigenvalue weighted by atomic mass is 10.0. The summed E-state index contributed by atoms with van der Waals surface area (Å²) in [5.41, 5.74) is 3.45. The Morgan fingerprint density at radius 1 is 1.05 bits per heavy atom. The number of pyridine rings is 1. The van der Waals surface area contributed by atoms with Gasteiger partial charge in [-0.15, -0.1) is 0 Å². The van der Waals surface area contributed by atoms with E-state index in [2.05, 4.69) is 28.5 Å². The van der Waals surface area contributed by atoms with Crippen LogP contribution in [0.2, 0.25) is 0 Å². The van der Waals surface area contributed by atoms with Gasteiger partial charge in [-0.05, 0) is 47.0 Å². The summed E-state index contributed by atoms with van der Waals surface area (Å²) in [6, 6.07) is 15.8. The summed E-state index contributed by atoms with van der Waals surface area (Å²) in [7, 11) is 0. The number of aliphatic hydroxyl groups excluding tert-OH is 1. The number of rotatable bonds is 6. The number of nitrogens with zero attached hydrogens (tertiary/aromatic N) is 1. The zero-order chi connectivity index (χ0) is 15.2. The van der Waals surface area contributed by atoms with Crippen LogP contribution in [-0.4, -0.2) is 16.7 Å². The number of aliphatic hydroxyl groups is 1. The molecular weight excluding hydrogens is 276 g/mol. The van der Waals surface area contributed by atoms with Gasteiger partial charge < -0.3 is 14.8 Å². The lowest BCUT2D eigenvalue weighted by Crippen LogP contribution is -2.23. The van der Waals surface area contributed by atoms with E-state index in [1.807, 2.05) is 30.3 Å². The zero-order valence-corrected chi connectivity index (χ0v) is 12.1. The highest BCUT2D eigenvalue weighted by Gasteiger charge is 2.12. The summed E-state index contributed by atoms with van der Waals surface area (Å²) in [5, 5.41) is 12.8. The van der Waals surface area contributed by atoms with Gasteiger partial charge >= 0.3 is 0 Å². The third-order valence-electron chi connectivity index (χ3n) is 3.56. The molecule has 0 radical (unpaired) electrons. The van der Waals surface area contributed by atoms with Crippen LogP contribution in [0.5, 0.6) is 0 Å². The van der Waals surface area contributed by atoms with Crippen molar-refractivity contribution in [2.45, 2.75) is 12.6 Å². The number of benzene rings is 1. The maximum absolute atomic E-state index is 9.48. The first-order valence-electron chi connectivity index (χ1n) is 7.24. The Bertz CT molecular complexity index is 696. The molecule has 1 aromatic carbocycles. The van der Waals surface area contributed by atoms with Crippen molar-refractivity contribution in [1.29, 1.82) is 0 Å². The second kappa shape index (κ2) is 7.02. The summed E-state index contributed by atoms with van der Waals surface area (Å²) >= 11 is 0. The average molecular weight is 294 g/mol. The van der Waals surface area contributed by atoms with E-state index in [1.165, 1.54) is 0 Å². The van der Waals surface area contributed by atoms with E-state index in [-0.39, 0.29) is 12.6 Å². The molecule has 0 fully saturated rings. The molecule has 0 saturated carbocycles. The van der Waals surface area contributed by atoms with Crippen molar-refractivity contribution < 1.29 is 9.52 Å². The minimum absolute atomic E-state index is 0.00242. The predicted molar refractivity (Wildman–Crippen MR) is 85.0 cm³/mol. The Hall–Kier alpha value is -2.43.